The second-order valence-corrected chi connectivity index (χ2v) is 7.97. The van der Waals surface area contributed by atoms with E-state index in [9.17, 15) is 4.79 Å². The molecule has 5 rings (SSSR count). The summed E-state index contributed by atoms with van der Waals surface area (Å²) in [6.45, 7) is 6.93. The highest BCUT2D eigenvalue weighted by atomic mass is 16.5. The van der Waals surface area contributed by atoms with Crippen molar-refractivity contribution in [2.45, 2.75) is 13.8 Å². The van der Waals surface area contributed by atoms with Crippen LogP contribution in [0.2, 0.25) is 0 Å². The molecule has 0 saturated carbocycles. The van der Waals surface area contributed by atoms with Crippen molar-refractivity contribution in [2.75, 3.05) is 26.3 Å². The summed E-state index contributed by atoms with van der Waals surface area (Å²) in [5, 5.41) is 5.24. The molecule has 0 atom stereocenters. The average Bonchev–Trinajstić information content (AvgIpc) is 3.08. The highest BCUT2D eigenvalue weighted by Gasteiger charge is 2.24. The van der Waals surface area contributed by atoms with Crippen LogP contribution >= 0.6 is 0 Å². The van der Waals surface area contributed by atoms with E-state index in [0.717, 1.165) is 46.5 Å². The minimum atomic E-state index is -0.0685. The third-order valence-corrected chi connectivity index (χ3v) is 5.72. The number of rotatable bonds is 2. The molecule has 2 aliphatic rings. The maximum absolute atomic E-state index is 13.2. The van der Waals surface area contributed by atoms with Gasteiger partial charge in [0.2, 0.25) is 0 Å². The maximum Gasteiger partial charge on any atom is 0.326 e. The fraction of sp³-hybridized carbons (Fsp3) is 0.240. The average molecular weight is 414 g/mol. The van der Waals surface area contributed by atoms with Crippen molar-refractivity contribution in [2.24, 2.45) is 4.99 Å². The molecule has 6 heteroatoms. The minimum absolute atomic E-state index is 0.0685. The molecule has 0 aliphatic carbocycles. The molecule has 1 saturated heterocycles. The minimum Gasteiger partial charge on any atom is -0.373 e. The third-order valence-electron chi connectivity index (χ3n) is 5.72. The number of aromatic amines is 1. The van der Waals surface area contributed by atoms with Crippen LogP contribution in [0.5, 0.6) is 0 Å². The quantitative estimate of drug-likeness (QED) is 0.651. The number of fused-ring (bicyclic) bond motifs is 1. The molecule has 1 aromatic heterocycles. The number of aryl methyl sites for hydroxylation is 2. The molecule has 2 aliphatic heterocycles. The van der Waals surface area contributed by atoms with Crippen LogP contribution in [0.4, 0.5) is 0 Å². The van der Waals surface area contributed by atoms with Crippen molar-refractivity contribution in [1.29, 1.82) is 0 Å². The Kier molecular flexibility index (Phi) is 5.00. The van der Waals surface area contributed by atoms with Gasteiger partial charge in [0.25, 0.3) is 5.56 Å². The second-order valence-electron chi connectivity index (χ2n) is 7.97. The van der Waals surface area contributed by atoms with Gasteiger partial charge >= 0.3 is 5.84 Å². The van der Waals surface area contributed by atoms with Gasteiger partial charge in [-0.1, -0.05) is 29.8 Å². The SMILES string of the molecule is Cc1ccc2c(c1)=C/C(=C\c1c(C)[nH]n(-c3ccccc3)c1=O)C(=[N+]1CCOCC1)N=2. The van der Waals surface area contributed by atoms with Gasteiger partial charge in [0.15, 0.2) is 5.36 Å². The van der Waals surface area contributed by atoms with E-state index in [2.05, 4.69) is 40.9 Å². The zero-order valence-corrected chi connectivity index (χ0v) is 17.8. The van der Waals surface area contributed by atoms with E-state index in [4.69, 9.17) is 9.73 Å². The van der Waals surface area contributed by atoms with E-state index in [-0.39, 0.29) is 5.56 Å². The summed E-state index contributed by atoms with van der Waals surface area (Å²) in [6, 6.07) is 15.9. The number of amidine groups is 1. The van der Waals surface area contributed by atoms with Crippen molar-refractivity contribution in [3.05, 3.63) is 91.9 Å². The van der Waals surface area contributed by atoms with Crippen LogP contribution in [-0.2, 0) is 4.74 Å². The molecular formula is C25H25N4O2+. The molecule has 0 spiro atoms. The summed E-state index contributed by atoms with van der Waals surface area (Å²) in [5.74, 6) is 0.894. The molecule has 0 bridgehead atoms. The Hall–Kier alpha value is -3.51. The summed E-state index contributed by atoms with van der Waals surface area (Å²) >= 11 is 0. The molecular weight excluding hydrogens is 388 g/mol. The zero-order chi connectivity index (χ0) is 21.4. The lowest BCUT2D eigenvalue weighted by molar-refractivity contribution is -0.549. The van der Waals surface area contributed by atoms with Gasteiger partial charge in [-0.25, -0.2) is 4.68 Å². The Labute approximate surface area is 180 Å². The Morgan fingerprint density at radius 3 is 2.65 bits per heavy atom. The van der Waals surface area contributed by atoms with Crippen LogP contribution in [0.25, 0.3) is 17.8 Å². The largest absolute Gasteiger partial charge is 0.373 e. The van der Waals surface area contributed by atoms with Crippen molar-refractivity contribution >= 4 is 18.0 Å². The van der Waals surface area contributed by atoms with E-state index in [1.54, 1.807) is 4.68 Å². The van der Waals surface area contributed by atoms with E-state index in [1.807, 2.05) is 43.3 Å². The number of aromatic nitrogens is 2. The first kappa shape index (κ1) is 19.5. The Morgan fingerprint density at radius 1 is 1.10 bits per heavy atom. The summed E-state index contributed by atoms with van der Waals surface area (Å²) in [5.41, 5.74) is 4.35. The van der Waals surface area contributed by atoms with Gasteiger partial charge in [-0.15, -0.1) is 0 Å². The predicted octanol–water partition coefficient (Wildman–Crippen LogP) is 1.72. The number of morpholine rings is 1. The highest BCUT2D eigenvalue weighted by molar-refractivity contribution is 6.08. The first-order valence-corrected chi connectivity index (χ1v) is 10.6. The third kappa shape index (κ3) is 3.70. The number of benzene rings is 2. The van der Waals surface area contributed by atoms with Crippen LogP contribution in [-0.4, -0.2) is 46.5 Å². The first-order chi connectivity index (χ1) is 15.1. The number of hydrogen-bond acceptors (Lipinski definition) is 2. The van der Waals surface area contributed by atoms with Crippen LogP contribution in [0, 0.1) is 13.8 Å². The number of ether oxygens (including phenoxy) is 1. The second kappa shape index (κ2) is 7.96. The number of nitrogens with one attached hydrogen (secondary N) is 1. The number of nitrogens with zero attached hydrogens (tertiary/aromatic N) is 3. The van der Waals surface area contributed by atoms with Gasteiger partial charge in [-0.3, -0.25) is 14.5 Å². The van der Waals surface area contributed by atoms with Gasteiger partial charge in [-0.2, -0.15) is 0 Å². The Bertz CT molecular complexity index is 1380. The predicted molar refractivity (Wildman–Crippen MR) is 121 cm³/mol. The fourth-order valence-electron chi connectivity index (χ4n) is 4.08. The van der Waals surface area contributed by atoms with Crippen LogP contribution in [0.15, 0.2) is 63.9 Å². The molecule has 1 N–H and O–H groups in total. The van der Waals surface area contributed by atoms with Gasteiger partial charge in [0.1, 0.15) is 13.1 Å². The number of H-pyrrole nitrogens is 1. The summed E-state index contributed by atoms with van der Waals surface area (Å²) in [6.07, 6.45) is 4.10. The molecule has 0 unspecified atom stereocenters. The fourth-order valence-corrected chi connectivity index (χ4v) is 4.08. The molecule has 0 amide bonds. The van der Waals surface area contributed by atoms with Crippen LogP contribution < -0.4 is 16.1 Å². The molecule has 31 heavy (non-hydrogen) atoms. The van der Waals surface area contributed by atoms with Crippen molar-refractivity contribution in [3.63, 3.8) is 0 Å². The normalized spacial score (nSPS) is 17.3. The monoisotopic (exact) mass is 413 g/mol. The number of hydrogen-bond donors (Lipinski definition) is 1. The Balaban J connectivity index is 1.71. The van der Waals surface area contributed by atoms with Gasteiger partial charge in [0, 0.05) is 10.9 Å². The summed E-state index contributed by atoms with van der Waals surface area (Å²) in [4.78, 5) is 18.2. The molecule has 6 nitrogen and oxygen atoms in total. The smallest absolute Gasteiger partial charge is 0.326 e. The summed E-state index contributed by atoms with van der Waals surface area (Å²) < 4.78 is 9.37. The van der Waals surface area contributed by atoms with Crippen molar-refractivity contribution in [3.8, 4) is 5.69 Å². The molecule has 0 radical (unpaired) electrons. The van der Waals surface area contributed by atoms with E-state index >= 15 is 0 Å². The lowest BCUT2D eigenvalue weighted by Crippen LogP contribution is -2.38. The topological polar surface area (TPSA) is 62.4 Å². The maximum atomic E-state index is 13.2. The Morgan fingerprint density at radius 2 is 1.87 bits per heavy atom. The number of para-hydroxylation sites is 1. The summed E-state index contributed by atoms with van der Waals surface area (Å²) in [7, 11) is 0. The molecule has 3 aromatic rings. The first-order valence-electron chi connectivity index (χ1n) is 10.6. The van der Waals surface area contributed by atoms with Crippen molar-refractivity contribution in [1.82, 2.24) is 9.78 Å². The van der Waals surface area contributed by atoms with E-state index < -0.39 is 0 Å². The van der Waals surface area contributed by atoms with Crippen molar-refractivity contribution < 1.29 is 9.31 Å². The molecule has 156 valence electrons. The van der Waals surface area contributed by atoms with Crippen LogP contribution in [0.1, 0.15) is 16.8 Å². The highest BCUT2D eigenvalue weighted by Crippen LogP contribution is 2.14. The van der Waals surface area contributed by atoms with Gasteiger partial charge in [0.05, 0.1) is 30.0 Å². The lowest BCUT2D eigenvalue weighted by atomic mass is 10.0. The van der Waals surface area contributed by atoms with Crippen LogP contribution in [0.3, 0.4) is 0 Å². The molecule has 2 aromatic carbocycles. The molecule has 3 heterocycles. The van der Waals surface area contributed by atoms with Gasteiger partial charge < -0.3 is 4.74 Å². The standard InChI is InChI=1S/C25H24N4O2/c1-17-8-9-23-19(14-17)15-20(24(26-23)28-10-12-31-13-11-28)16-22-18(2)27-29(25(22)30)21-6-4-3-5-7-21/h3-9,14-16H,10-13H2,1-2H3/p+1. The lowest BCUT2D eigenvalue weighted by Gasteiger charge is -2.16. The van der Waals surface area contributed by atoms with Gasteiger partial charge in [-0.05, 0) is 55.3 Å². The molecule has 1 fully saturated rings. The zero-order valence-electron chi connectivity index (χ0n) is 17.8. The van der Waals surface area contributed by atoms with E-state index in [1.165, 1.54) is 5.56 Å². The van der Waals surface area contributed by atoms with E-state index in [0.29, 0.717) is 18.8 Å².